The average Bonchev–Trinajstić information content (AvgIpc) is 2.19. The number of nitrogens with one attached hydrogen (secondary N) is 1. The summed E-state index contributed by atoms with van der Waals surface area (Å²) >= 11 is 8.63. The Bertz CT molecular complexity index is 533. The van der Waals surface area contributed by atoms with Crippen LogP contribution in [0.1, 0.15) is 12.7 Å². The van der Waals surface area contributed by atoms with Crippen LogP contribution in [0.25, 0.3) is 10.9 Å². The molecule has 0 aliphatic heterocycles. The molecule has 2 aromatic rings. The minimum absolute atomic E-state index is 0.664. The average molecular weight is 269 g/mol. The van der Waals surface area contributed by atoms with E-state index < -0.39 is 0 Å². The second-order valence-corrected chi connectivity index (χ2v) is 4.33. The maximum Gasteiger partial charge on any atom is 0.137 e. The Hall–Kier alpha value is -0.740. The van der Waals surface area contributed by atoms with Crippen molar-refractivity contribution < 1.29 is 0 Å². The zero-order valence-corrected chi connectivity index (χ0v) is 10.1. The summed E-state index contributed by atoms with van der Waals surface area (Å²) in [5, 5.41) is 0.992. The van der Waals surface area contributed by atoms with E-state index in [1.165, 1.54) is 0 Å². The Morgan fingerprint density at radius 2 is 2.29 bits per heavy atom. The lowest BCUT2D eigenvalue weighted by atomic mass is 10.2. The van der Waals surface area contributed by atoms with Gasteiger partial charge in [0, 0.05) is 21.8 Å². The molecule has 0 saturated carbocycles. The van der Waals surface area contributed by atoms with Gasteiger partial charge in [0.15, 0.2) is 0 Å². The molecule has 2 rings (SSSR count). The summed E-state index contributed by atoms with van der Waals surface area (Å²) in [5.74, 6) is 0.935. The summed E-state index contributed by atoms with van der Waals surface area (Å²) in [6.07, 6.45) is 0.871. The van der Waals surface area contributed by atoms with Gasteiger partial charge in [-0.25, -0.2) is 4.98 Å². The Balaban J connectivity index is 2.83. The third-order valence-electron chi connectivity index (χ3n) is 2.06. The molecule has 1 N–H and O–H groups in total. The molecule has 0 aliphatic rings. The summed E-state index contributed by atoms with van der Waals surface area (Å²) in [5.41, 5.74) is 1.05. The summed E-state index contributed by atoms with van der Waals surface area (Å²) < 4.78 is 1.69. The molecule has 0 atom stereocenters. The van der Waals surface area contributed by atoms with E-state index in [0.29, 0.717) is 4.64 Å². The number of fused-ring (bicyclic) bond motifs is 1. The van der Waals surface area contributed by atoms with Crippen molar-refractivity contribution in [2.75, 3.05) is 0 Å². The predicted octanol–water partition coefficient (Wildman–Crippen LogP) is 3.62. The van der Waals surface area contributed by atoms with Crippen LogP contribution >= 0.6 is 28.1 Å². The molecule has 1 heterocycles. The van der Waals surface area contributed by atoms with E-state index in [1.54, 1.807) is 0 Å². The van der Waals surface area contributed by atoms with Gasteiger partial charge in [-0.15, -0.1) is 0 Å². The molecule has 2 nitrogen and oxygen atoms in total. The van der Waals surface area contributed by atoms with E-state index in [9.17, 15) is 0 Å². The van der Waals surface area contributed by atoms with Gasteiger partial charge in [0.1, 0.15) is 10.5 Å². The molecule has 72 valence electrons. The second kappa shape index (κ2) is 3.79. The number of benzene rings is 1. The summed E-state index contributed by atoms with van der Waals surface area (Å²) in [6.45, 7) is 2.05. The fourth-order valence-corrected chi connectivity index (χ4v) is 1.98. The van der Waals surface area contributed by atoms with Crippen LogP contribution < -0.4 is 0 Å². The Kier molecular flexibility index (Phi) is 2.65. The highest BCUT2D eigenvalue weighted by Crippen LogP contribution is 2.18. The molecule has 0 amide bonds. The standard InChI is InChI=1S/C10H9BrN2S/c1-2-9-12-8-4-3-6(11)5-7(8)10(14)13-9/h3-5H,2H2,1H3,(H,12,13,14). The van der Waals surface area contributed by atoms with Crippen molar-refractivity contribution in [1.29, 1.82) is 0 Å². The van der Waals surface area contributed by atoms with Crippen LogP contribution in [-0.4, -0.2) is 9.97 Å². The van der Waals surface area contributed by atoms with E-state index in [0.717, 1.165) is 27.6 Å². The zero-order chi connectivity index (χ0) is 10.1. The summed E-state index contributed by atoms with van der Waals surface area (Å²) in [7, 11) is 0. The van der Waals surface area contributed by atoms with Crippen LogP contribution in [0.3, 0.4) is 0 Å². The number of aromatic nitrogens is 2. The molecule has 0 spiro atoms. The fourth-order valence-electron chi connectivity index (χ4n) is 1.34. The number of aromatic amines is 1. The van der Waals surface area contributed by atoms with Crippen molar-refractivity contribution >= 4 is 39.1 Å². The highest BCUT2D eigenvalue weighted by Gasteiger charge is 2.00. The van der Waals surface area contributed by atoms with Gasteiger partial charge in [0.2, 0.25) is 0 Å². The fraction of sp³-hybridized carbons (Fsp3) is 0.200. The molecule has 0 aliphatic carbocycles. The van der Waals surface area contributed by atoms with Crippen molar-refractivity contribution in [3.8, 4) is 0 Å². The van der Waals surface area contributed by atoms with Crippen LogP contribution in [0, 0.1) is 4.64 Å². The van der Waals surface area contributed by atoms with Gasteiger partial charge in [0.25, 0.3) is 0 Å². The molecule has 4 heteroatoms. The second-order valence-electron chi connectivity index (χ2n) is 3.03. The molecule has 0 saturated heterocycles. The van der Waals surface area contributed by atoms with Crippen LogP contribution in [-0.2, 0) is 6.42 Å². The highest BCUT2D eigenvalue weighted by atomic mass is 79.9. The number of rotatable bonds is 1. The maximum atomic E-state index is 5.22. The van der Waals surface area contributed by atoms with Crippen LogP contribution in [0.2, 0.25) is 0 Å². The van der Waals surface area contributed by atoms with Crippen molar-refractivity contribution in [1.82, 2.24) is 9.97 Å². The quantitative estimate of drug-likeness (QED) is 0.801. The van der Waals surface area contributed by atoms with Gasteiger partial charge in [-0.1, -0.05) is 35.1 Å². The lowest BCUT2D eigenvalue weighted by Gasteiger charge is -2.02. The smallest absolute Gasteiger partial charge is 0.137 e. The first-order chi connectivity index (χ1) is 6.70. The summed E-state index contributed by atoms with van der Waals surface area (Å²) in [6, 6.07) is 5.99. The minimum atomic E-state index is 0.664. The monoisotopic (exact) mass is 268 g/mol. The Labute approximate surface area is 95.5 Å². The van der Waals surface area contributed by atoms with Crippen molar-refractivity contribution in [2.45, 2.75) is 13.3 Å². The van der Waals surface area contributed by atoms with E-state index >= 15 is 0 Å². The molecular weight excluding hydrogens is 260 g/mol. The number of nitrogens with zero attached hydrogens (tertiary/aromatic N) is 1. The Morgan fingerprint density at radius 1 is 1.50 bits per heavy atom. The van der Waals surface area contributed by atoms with E-state index in [1.807, 2.05) is 18.2 Å². The van der Waals surface area contributed by atoms with Gasteiger partial charge in [-0.05, 0) is 18.2 Å². The molecule has 0 unspecified atom stereocenters. The van der Waals surface area contributed by atoms with Crippen molar-refractivity contribution in [2.24, 2.45) is 0 Å². The lowest BCUT2D eigenvalue weighted by molar-refractivity contribution is 0.955. The molecule has 14 heavy (non-hydrogen) atoms. The van der Waals surface area contributed by atoms with Gasteiger partial charge in [-0.3, -0.25) is 0 Å². The van der Waals surface area contributed by atoms with Gasteiger partial charge >= 0.3 is 0 Å². The normalized spacial score (nSPS) is 10.7. The minimum Gasteiger partial charge on any atom is -0.343 e. The summed E-state index contributed by atoms with van der Waals surface area (Å²) in [4.78, 5) is 7.55. The molecule has 0 radical (unpaired) electrons. The molecular formula is C10H9BrN2S. The first-order valence-electron chi connectivity index (χ1n) is 4.39. The molecule has 1 aromatic heterocycles. The molecule has 1 aromatic carbocycles. The van der Waals surface area contributed by atoms with Gasteiger partial charge < -0.3 is 4.98 Å². The van der Waals surface area contributed by atoms with Gasteiger partial charge in [-0.2, -0.15) is 0 Å². The first kappa shape index (κ1) is 9.80. The highest BCUT2D eigenvalue weighted by molar-refractivity contribution is 9.10. The first-order valence-corrected chi connectivity index (χ1v) is 5.59. The van der Waals surface area contributed by atoms with Crippen molar-refractivity contribution in [3.05, 3.63) is 33.1 Å². The van der Waals surface area contributed by atoms with E-state index in [-0.39, 0.29) is 0 Å². The lowest BCUT2D eigenvalue weighted by Crippen LogP contribution is -1.93. The largest absolute Gasteiger partial charge is 0.343 e. The topological polar surface area (TPSA) is 28.7 Å². The third kappa shape index (κ3) is 1.72. The van der Waals surface area contributed by atoms with Crippen molar-refractivity contribution in [3.63, 3.8) is 0 Å². The van der Waals surface area contributed by atoms with Crippen LogP contribution in [0.15, 0.2) is 22.7 Å². The van der Waals surface area contributed by atoms with E-state index in [4.69, 9.17) is 12.2 Å². The number of hydrogen-bond acceptors (Lipinski definition) is 2. The van der Waals surface area contributed by atoms with Gasteiger partial charge in [0.05, 0.1) is 0 Å². The number of hydrogen-bond donors (Lipinski definition) is 1. The molecule has 0 fully saturated rings. The zero-order valence-electron chi connectivity index (χ0n) is 7.67. The Morgan fingerprint density at radius 3 is 3.00 bits per heavy atom. The molecule has 0 bridgehead atoms. The number of H-pyrrole nitrogens is 1. The third-order valence-corrected chi connectivity index (χ3v) is 2.87. The predicted molar refractivity (Wildman–Crippen MR) is 64.0 cm³/mol. The number of aryl methyl sites for hydroxylation is 1. The SMILES string of the molecule is CCc1nc(=S)c2cc(Br)ccc2[nH]1. The maximum absolute atomic E-state index is 5.22. The van der Waals surface area contributed by atoms with E-state index in [2.05, 4.69) is 32.8 Å². The van der Waals surface area contributed by atoms with Crippen LogP contribution in [0.4, 0.5) is 0 Å². The van der Waals surface area contributed by atoms with Crippen LogP contribution in [0.5, 0.6) is 0 Å². The number of halogens is 1.